The van der Waals surface area contributed by atoms with Gasteiger partial charge in [0.2, 0.25) is 0 Å². The van der Waals surface area contributed by atoms with Crippen LogP contribution < -0.4 is 4.90 Å². The van der Waals surface area contributed by atoms with E-state index >= 15 is 0 Å². The summed E-state index contributed by atoms with van der Waals surface area (Å²) in [6.07, 6.45) is 4.52. The van der Waals surface area contributed by atoms with Gasteiger partial charge in [-0.3, -0.25) is 0 Å². The van der Waals surface area contributed by atoms with Crippen LogP contribution in [0.4, 0.5) is 10.2 Å². The third-order valence-corrected chi connectivity index (χ3v) is 5.74. The summed E-state index contributed by atoms with van der Waals surface area (Å²) in [5.74, 6) is 1.03. The van der Waals surface area contributed by atoms with E-state index in [1.54, 1.807) is 23.7 Å². The maximum Gasteiger partial charge on any atom is 0.139 e. The van der Waals surface area contributed by atoms with Gasteiger partial charge in [-0.2, -0.15) is 0 Å². The number of anilines is 1. The molecule has 0 N–H and O–H groups in total. The molecule has 5 nitrogen and oxygen atoms in total. The van der Waals surface area contributed by atoms with E-state index in [-0.39, 0.29) is 5.82 Å². The molecule has 1 saturated heterocycles. The van der Waals surface area contributed by atoms with Gasteiger partial charge in [-0.1, -0.05) is 6.92 Å². The molecular formula is C17H18FN5S. The molecule has 124 valence electrons. The molecule has 3 heterocycles. The molecule has 1 aliphatic rings. The first kappa shape index (κ1) is 15.4. The number of halogens is 1. The number of hydrogen-bond acceptors (Lipinski definition) is 6. The summed E-state index contributed by atoms with van der Waals surface area (Å²) in [4.78, 5) is 10.9. The van der Waals surface area contributed by atoms with Gasteiger partial charge >= 0.3 is 0 Å². The Morgan fingerprint density at radius 1 is 1.21 bits per heavy atom. The van der Waals surface area contributed by atoms with Crippen molar-refractivity contribution in [3.63, 3.8) is 0 Å². The largest absolute Gasteiger partial charge is 0.356 e. The van der Waals surface area contributed by atoms with E-state index in [4.69, 9.17) is 0 Å². The predicted octanol–water partition coefficient (Wildman–Crippen LogP) is 3.57. The molecule has 0 atom stereocenters. The minimum absolute atomic E-state index is 0.255. The Hall–Kier alpha value is -2.15. The number of nitrogens with zero attached hydrogens (tertiary/aromatic N) is 5. The van der Waals surface area contributed by atoms with E-state index in [1.165, 1.54) is 12.1 Å². The Balaban J connectivity index is 1.54. The third-order valence-electron chi connectivity index (χ3n) is 4.51. The van der Waals surface area contributed by atoms with E-state index in [0.717, 1.165) is 59.1 Å². The molecule has 0 amide bonds. The van der Waals surface area contributed by atoms with Crippen LogP contribution in [0.5, 0.6) is 0 Å². The number of benzene rings is 1. The molecule has 2 aromatic heterocycles. The second-order valence-corrected chi connectivity index (χ2v) is 7.10. The quantitative estimate of drug-likeness (QED) is 0.728. The number of hydrogen-bond donors (Lipinski definition) is 0. The molecule has 0 saturated carbocycles. The van der Waals surface area contributed by atoms with Crippen molar-refractivity contribution >= 4 is 28.1 Å². The van der Waals surface area contributed by atoms with E-state index < -0.39 is 0 Å². The zero-order chi connectivity index (χ0) is 16.5. The third kappa shape index (κ3) is 2.84. The van der Waals surface area contributed by atoms with Gasteiger partial charge in [-0.15, -0.1) is 21.5 Å². The summed E-state index contributed by atoms with van der Waals surface area (Å²) in [5.41, 5.74) is 0.778. The monoisotopic (exact) mass is 343 g/mol. The maximum atomic E-state index is 13.6. The average Bonchev–Trinajstić information content (AvgIpc) is 3.10. The highest BCUT2D eigenvalue weighted by Gasteiger charge is 2.25. The summed E-state index contributed by atoms with van der Waals surface area (Å²) in [5, 5.41) is 11.6. The van der Waals surface area contributed by atoms with Crippen molar-refractivity contribution in [1.29, 1.82) is 0 Å². The topological polar surface area (TPSA) is 54.8 Å². The van der Waals surface area contributed by atoms with Crippen LogP contribution in [0.15, 0.2) is 24.5 Å². The highest BCUT2D eigenvalue weighted by Crippen LogP contribution is 2.33. The van der Waals surface area contributed by atoms with Gasteiger partial charge in [0, 0.05) is 24.4 Å². The smallest absolute Gasteiger partial charge is 0.139 e. The molecule has 3 aromatic rings. The lowest BCUT2D eigenvalue weighted by Crippen LogP contribution is -2.33. The van der Waals surface area contributed by atoms with Crippen molar-refractivity contribution in [2.75, 3.05) is 18.0 Å². The summed E-state index contributed by atoms with van der Waals surface area (Å²) in [6, 6.07) is 4.66. The predicted molar refractivity (Wildman–Crippen MR) is 93.0 cm³/mol. The van der Waals surface area contributed by atoms with Crippen LogP contribution in [-0.2, 0) is 6.42 Å². The normalized spacial score (nSPS) is 16.0. The van der Waals surface area contributed by atoms with Gasteiger partial charge in [-0.05, 0) is 37.5 Å². The second-order valence-electron chi connectivity index (χ2n) is 6.01. The molecular weight excluding hydrogens is 325 g/mol. The fraction of sp³-hybridized carbons (Fsp3) is 0.412. The van der Waals surface area contributed by atoms with E-state index in [1.807, 2.05) is 0 Å². The Morgan fingerprint density at radius 2 is 2.04 bits per heavy atom. The van der Waals surface area contributed by atoms with Crippen LogP contribution in [0.25, 0.3) is 10.9 Å². The Morgan fingerprint density at radius 3 is 2.79 bits per heavy atom. The van der Waals surface area contributed by atoms with Crippen LogP contribution in [0.1, 0.15) is 35.7 Å². The molecule has 1 aromatic carbocycles. The lowest BCUT2D eigenvalue weighted by atomic mass is 9.97. The first-order valence-corrected chi connectivity index (χ1v) is 9.03. The molecule has 24 heavy (non-hydrogen) atoms. The van der Waals surface area contributed by atoms with E-state index in [0.29, 0.717) is 5.92 Å². The molecule has 0 spiro atoms. The van der Waals surface area contributed by atoms with Crippen molar-refractivity contribution in [3.8, 4) is 0 Å². The second kappa shape index (κ2) is 6.39. The lowest BCUT2D eigenvalue weighted by molar-refractivity contribution is 0.499. The highest BCUT2D eigenvalue weighted by molar-refractivity contribution is 7.11. The lowest BCUT2D eigenvalue weighted by Gasteiger charge is -2.32. The highest BCUT2D eigenvalue weighted by atomic mass is 32.1. The minimum Gasteiger partial charge on any atom is -0.356 e. The van der Waals surface area contributed by atoms with Crippen LogP contribution in [0.2, 0.25) is 0 Å². The van der Waals surface area contributed by atoms with Gasteiger partial charge in [-0.25, -0.2) is 14.4 Å². The number of piperidine rings is 1. The van der Waals surface area contributed by atoms with Crippen molar-refractivity contribution in [1.82, 2.24) is 20.2 Å². The summed E-state index contributed by atoms with van der Waals surface area (Å²) >= 11 is 1.72. The van der Waals surface area contributed by atoms with Gasteiger partial charge in [0.1, 0.15) is 28.0 Å². The number of rotatable bonds is 3. The zero-order valence-electron chi connectivity index (χ0n) is 13.4. The van der Waals surface area contributed by atoms with Crippen molar-refractivity contribution in [2.24, 2.45) is 0 Å². The molecule has 0 unspecified atom stereocenters. The number of aryl methyl sites for hydroxylation is 1. The number of fused-ring (bicyclic) bond motifs is 1. The summed E-state index contributed by atoms with van der Waals surface area (Å²) in [7, 11) is 0. The summed E-state index contributed by atoms with van der Waals surface area (Å²) in [6.45, 7) is 3.87. The van der Waals surface area contributed by atoms with Crippen LogP contribution in [0, 0.1) is 5.82 Å². The standard InChI is InChI=1S/C17H18FN5S/c1-2-15-21-22-17(24-15)11-5-7-23(8-6-11)16-13-9-12(18)3-4-14(13)19-10-20-16/h3-4,9-11H,2,5-8H2,1H3. The summed E-state index contributed by atoms with van der Waals surface area (Å²) < 4.78 is 13.6. The van der Waals surface area contributed by atoms with Crippen LogP contribution >= 0.6 is 11.3 Å². The first-order valence-electron chi connectivity index (χ1n) is 8.22. The van der Waals surface area contributed by atoms with Crippen LogP contribution in [-0.4, -0.2) is 33.3 Å². The molecule has 1 fully saturated rings. The SMILES string of the molecule is CCc1nnc(C2CCN(c3ncnc4ccc(F)cc34)CC2)s1. The minimum atomic E-state index is -0.255. The Labute approximate surface area is 143 Å². The number of aromatic nitrogens is 4. The van der Waals surface area contributed by atoms with Gasteiger partial charge < -0.3 is 4.90 Å². The zero-order valence-corrected chi connectivity index (χ0v) is 14.3. The van der Waals surface area contributed by atoms with Crippen molar-refractivity contribution in [2.45, 2.75) is 32.1 Å². The van der Waals surface area contributed by atoms with E-state index in [9.17, 15) is 4.39 Å². The van der Waals surface area contributed by atoms with Gasteiger partial charge in [0.25, 0.3) is 0 Å². The average molecular weight is 343 g/mol. The van der Waals surface area contributed by atoms with Gasteiger partial charge in [0.15, 0.2) is 0 Å². The van der Waals surface area contributed by atoms with Crippen molar-refractivity contribution < 1.29 is 4.39 Å². The Bertz CT molecular complexity index is 857. The Kier molecular flexibility index (Phi) is 4.10. The fourth-order valence-corrected chi connectivity index (χ4v) is 4.13. The van der Waals surface area contributed by atoms with Crippen LogP contribution in [0.3, 0.4) is 0 Å². The first-order chi connectivity index (χ1) is 11.7. The molecule has 1 aliphatic heterocycles. The fourth-order valence-electron chi connectivity index (χ4n) is 3.18. The molecule has 7 heteroatoms. The van der Waals surface area contributed by atoms with Crippen molar-refractivity contribution in [3.05, 3.63) is 40.4 Å². The molecule has 4 rings (SSSR count). The maximum absolute atomic E-state index is 13.6. The molecule has 0 aliphatic carbocycles. The molecule has 0 bridgehead atoms. The van der Waals surface area contributed by atoms with Gasteiger partial charge in [0.05, 0.1) is 5.52 Å². The van der Waals surface area contributed by atoms with E-state index in [2.05, 4.69) is 32.0 Å². The molecule has 0 radical (unpaired) electrons.